The lowest BCUT2D eigenvalue weighted by Crippen LogP contribution is -2.20. The van der Waals surface area contributed by atoms with Gasteiger partial charge in [0.15, 0.2) is 0 Å². The second kappa shape index (κ2) is 4.47. The van der Waals surface area contributed by atoms with Crippen LogP contribution in [0, 0.1) is 12.8 Å². The molecule has 1 heterocycles. The average molecular weight is 181 g/mol. The molecule has 2 nitrogen and oxygen atoms in total. The Kier molecular flexibility index (Phi) is 3.55. The maximum absolute atomic E-state index is 5.62. The SMILES string of the molecule is CNCC(c1ccc(C)o1)C(C)C. The summed E-state index contributed by atoms with van der Waals surface area (Å²) >= 11 is 0. The van der Waals surface area contributed by atoms with Gasteiger partial charge in [-0.15, -0.1) is 0 Å². The minimum absolute atomic E-state index is 0.485. The molecule has 0 aliphatic rings. The lowest BCUT2D eigenvalue weighted by atomic mass is 9.93. The van der Waals surface area contributed by atoms with Crippen molar-refractivity contribution in [3.8, 4) is 0 Å². The highest BCUT2D eigenvalue weighted by Crippen LogP contribution is 2.25. The summed E-state index contributed by atoms with van der Waals surface area (Å²) in [6.45, 7) is 7.41. The molecule has 1 atom stereocenters. The fourth-order valence-corrected chi connectivity index (χ4v) is 1.54. The predicted molar refractivity (Wildman–Crippen MR) is 55.0 cm³/mol. The van der Waals surface area contributed by atoms with E-state index in [9.17, 15) is 0 Å². The normalized spacial score (nSPS) is 13.6. The molecule has 1 unspecified atom stereocenters. The quantitative estimate of drug-likeness (QED) is 0.772. The fraction of sp³-hybridized carbons (Fsp3) is 0.636. The van der Waals surface area contributed by atoms with Gasteiger partial charge >= 0.3 is 0 Å². The van der Waals surface area contributed by atoms with Gasteiger partial charge < -0.3 is 9.73 Å². The van der Waals surface area contributed by atoms with Crippen LogP contribution in [0.4, 0.5) is 0 Å². The monoisotopic (exact) mass is 181 g/mol. The van der Waals surface area contributed by atoms with Crippen molar-refractivity contribution in [2.24, 2.45) is 5.92 Å². The van der Waals surface area contributed by atoms with Gasteiger partial charge in [-0.1, -0.05) is 13.8 Å². The van der Waals surface area contributed by atoms with Gasteiger partial charge in [-0.2, -0.15) is 0 Å². The summed E-state index contributed by atoms with van der Waals surface area (Å²) in [6, 6.07) is 4.11. The first-order chi connectivity index (χ1) is 6.15. The lowest BCUT2D eigenvalue weighted by Gasteiger charge is -2.17. The number of hydrogen-bond acceptors (Lipinski definition) is 2. The van der Waals surface area contributed by atoms with Gasteiger partial charge in [0.2, 0.25) is 0 Å². The number of rotatable bonds is 4. The lowest BCUT2D eigenvalue weighted by molar-refractivity contribution is 0.377. The predicted octanol–water partition coefficient (Wildman–Crippen LogP) is 2.55. The first-order valence-corrected chi connectivity index (χ1v) is 4.86. The molecule has 0 aliphatic heterocycles. The molecule has 1 rings (SSSR count). The molecule has 2 heteroatoms. The van der Waals surface area contributed by atoms with E-state index in [1.807, 2.05) is 20.0 Å². The Bertz CT molecular complexity index is 252. The van der Waals surface area contributed by atoms with Crippen LogP contribution < -0.4 is 5.32 Å². The average Bonchev–Trinajstić information content (AvgIpc) is 2.46. The van der Waals surface area contributed by atoms with Gasteiger partial charge in [-0.3, -0.25) is 0 Å². The third kappa shape index (κ3) is 2.59. The zero-order valence-corrected chi connectivity index (χ0v) is 8.92. The van der Waals surface area contributed by atoms with Crippen LogP contribution in [0.25, 0.3) is 0 Å². The molecule has 1 aromatic heterocycles. The van der Waals surface area contributed by atoms with Crippen molar-refractivity contribution >= 4 is 0 Å². The standard InChI is InChI=1S/C11H19NO/c1-8(2)10(7-12-4)11-6-5-9(3)13-11/h5-6,8,10,12H,7H2,1-4H3. The van der Waals surface area contributed by atoms with E-state index >= 15 is 0 Å². The Hall–Kier alpha value is -0.760. The summed E-state index contributed by atoms with van der Waals surface area (Å²) in [5.74, 6) is 3.19. The van der Waals surface area contributed by atoms with Gasteiger partial charge in [-0.05, 0) is 32.0 Å². The Morgan fingerprint density at radius 1 is 1.38 bits per heavy atom. The summed E-state index contributed by atoms with van der Waals surface area (Å²) in [4.78, 5) is 0. The number of hydrogen-bond donors (Lipinski definition) is 1. The highest BCUT2D eigenvalue weighted by molar-refractivity contribution is 5.11. The molecule has 13 heavy (non-hydrogen) atoms. The molecule has 1 aromatic rings. The number of furan rings is 1. The van der Waals surface area contributed by atoms with Crippen LogP contribution in [0.1, 0.15) is 31.3 Å². The van der Waals surface area contributed by atoms with E-state index in [4.69, 9.17) is 4.42 Å². The van der Waals surface area contributed by atoms with Gasteiger partial charge in [-0.25, -0.2) is 0 Å². The smallest absolute Gasteiger partial charge is 0.108 e. The van der Waals surface area contributed by atoms with Gasteiger partial charge in [0.05, 0.1) is 0 Å². The molecule has 0 aromatic carbocycles. The summed E-state index contributed by atoms with van der Waals surface area (Å²) < 4.78 is 5.62. The topological polar surface area (TPSA) is 25.2 Å². The zero-order valence-electron chi connectivity index (χ0n) is 8.92. The maximum atomic E-state index is 5.62. The van der Waals surface area contributed by atoms with Crippen molar-refractivity contribution in [2.45, 2.75) is 26.7 Å². The largest absolute Gasteiger partial charge is 0.466 e. The van der Waals surface area contributed by atoms with Crippen molar-refractivity contribution in [3.63, 3.8) is 0 Å². The summed E-state index contributed by atoms with van der Waals surface area (Å²) in [6.07, 6.45) is 0. The number of aryl methyl sites for hydroxylation is 1. The number of likely N-dealkylation sites (N-methyl/N-ethyl adjacent to an activating group) is 1. The van der Waals surface area contributed by atoms with E-state index in [0.29, 0.717) is 11.8 Å². The first-order valence-electron chi connectivity index (χ1n) is 4.86. The third-order valence-electron chi connectivity index (χ3n) is 2.36. The molecule has 0 bridgehead atoms. The van der Waals surface area contributed by atoms with E-state index in [1.165, 1.54) is 0 Å². The maximum Gasteiger partial charge on any atom is 0.108 e. The second-order valence-corrected chi connectivity index (χ2v) is 3.86. The minimum atomic E-state index is 0.485. The van der Waals surface area contributed by atoms with E-state index < -0.39 is 0 Å². The van der Waals surface area contributed by atoms with E-state index in [-0.39, 0.29) is 0 Å². The van der Waals surface area contributed by atoms with Crippen LogP contribution >= 0.6 is 0 Å². The fourth-order valence-electron chi connectivity index (χ4n) is 1.54. The third-order valence-corrected chi connectivity index (χ3v) is 2.36. The molecular weight excluding hydrogens is 162 g/mol. The van der Waals surface area contributed by atoms with Crippen LogP contribution in [0.5, 0.6) is 0 Å². The molecule has 0 amide bonds. The number of nitrogens with one attached hydrogen (secondary N) is 1. The highest BCUT2D eigenvalue weighted by atomic mass is 16.3. The van der Waals surface area contributed by atoms with Crippen LogP contribution in [-0.2, 0) is 0 Å². The molecule has 0 saturated heterocycles. The van der Waals surface area contributed by atoms with Crippen LogP contribution in [-0.4, -0.2) is 13.6 Å². The molecule has 0 radical (unpaired) electrons. The van der Waals surface area contributed by atoms with E-state index in [2.05, 4.69) is 25.2 Å². The van der Waals surface area contributed by atoms with Crippen molar-refractivity contribution in [1.82, 2.24) is 5.32 Å². The van der Waals surface area contributed by atoms with Gasteiger partial charge in [0, 0.05) is 12.5 Å². The second-order valence-electron chi connectivity index (χ2n) is 3.86. The zero-order chi connectivity index (χ0) is 9.84. The summed E-state index contributed by atoms with van der Waals surface area (Å²) in [5.41, 5.74) is 0. The molecule has 0 saturated carbocycles. The van der Waals surface area contributed by atoms with Gasteiger partial charge in [0.25, 0.3) is 0 Å². The Morgan fingerprint density at radius 3 is 2.46 bits per heavy atom. The van der Waals surface area contributed by atoms with E-state index in [0.717, 1.165) is 18.1 Å². The Morgan fingerprint density at radius 2 is 2.08 bits per heavy atom. The molecule has 1 N–H and O–H groups in total. The minimum Gasteiger partial charge on any atom is -0.466 e. The molecular formula is C11H19NO. The Labute approximate surface area is 80.3 Å². The van der Waals surface area contributed by atoms with Crippen LogP contribution in [0.2, 0.25) is 0 Å². The Balaban J connectivity index is 2.75. The molecule has 74 valence electrons. The van der Waals surface area contributed by atoms with Crippen molar-refractivity contribution < 1.29 is 4.42 Å². The molecule has 0 aliphatic carbocycles. The van der Waals surface area contributed by atoms with Crippen LogP contribution in [0.3, 0.4) is 0 Å². The summed E-state index contributed by atoms with van der Waals surface area (Å²) in [5, 5.41) is 3.20. The van der Waals surface area contributed by atoms with E-state index in [1.54, 1.807) is 0 Å². The molecule has 0 spiro atoms. The van der Waals surface area contributed by atoms with Crippen molar-refractivity contribution in [3.05, 3.63) is 23.7 Å². The van der Waals surface area contributed by atoms with Crippen molar-refractivity contribution in [2.75, 3.05) is 13.6 Å². The van der Waals surface area contributed by atoms with Crippen LogP contribution in [0.15, 0.2) is 16.5 Å². The summed E-state index contributed by atoms with van der Waals surface area (Å²) in [7, 11) is 1.98. The first kappa shape index (κ1) is 10.3. The van der Waals surface area contributed by atoms with Crippen molar-refractivity contribution in [1.29, 1.82) is 0 Å². The van der Waals surface area contributed by atoms with Gasteiger partial charge in [0.1, 0.15) is 11.5 Å². The molecule has 0 fully saturated rings. The highest BCUT2D eigenvalue weighted by Gasteiger charge is 2.17.